The van der Waals surface area contributed by atoms with Crippen LogP contribution in [0.5, 0.6) is 0 Å². The standard InChI is InChI=1S/C28H25F3N4O6S/c1-42(39,40)34(16-6-15-32-26(37)28(29,30)31)19-13-11-18(12-14-19)33-23(17-7-3-2-4-8-17)20-9-5-10-21-22(20)24-25(36)35(21)27(38)41-24/h2-5,7-8,10-14,24,33H,6,9,15-16H2,1H3,(H,32,37). The summed E-state index contributed by atoms with van der Waals surface area (Å²) in [6.45, 7) is -0.516. The van der Waals surface area contributed by atoms with Gasteiger partial charge in [0.15, 0.2) is 0 Å². The summed E-state index contributed by atoms with van der Waals surface area (Å²) in [4.78, 5) is 36.9. The Kier molecular flexibility index (Phi) is 7.58. The number of anilines is 2. The smallest absolute Gasteiger partial charge is 0.430 e. The number of halogens is 3. The summed E-state index contributed by atoms with van der Waals surface area (Å²) in [7, 11) is -3.79. The van der Waals surface area contributed by atoms with Crippen LogP contribution in [-0.4, -0.2) is 62.9 Å². The number of benzene rings is 2. The number of ether oxygens (including phenoxy) is 1. The highest BCUT2D eigenvalue weighted by molar-refractivity contribution is 7.92. The zero-order valence-electron chi connectivity index (χ0n) is 22.1. The lowest BCUT2D eigenvalue weighted by molar-refractivity contribution is -0.173. The lowest BCUT2D eigenvalue weighted by Crippen LogP contribution is -2.39. The Morgan fingerprint density at radius 2 is 1.79 bits per heavy atom. The van der Waals surface area contributed by atoms with Gasteiger partial charge in [-0.25, -0.2) is 18.1 Å². The van der Waals surface area contributed by atoms with Crippen LogP contribution in [0.1, 0.15) is 18.4 Å². The third kappa shape index (κ3) is 5.62. The first-order chi connectivity index (χ1) is 19.9. The fourth-order valence-corrected chi connectivity index (χ4v) is 5.94. The summed E-state index contributed by atoms with van der Waals surface area (Å²) in [6, 6.07) is 15.7. The van der Waals surface area contributed by atoms with Crippen LogP contribution in [0.3, 0.4) is 0 Å². The van der Waals surface area contributed by atoms with Crippen molar-refractivity contribution in [2.45, 2.75) is 25.1 Å². The summed E-state index contributed by atoms with van der Waals surface area (Å²) >= 11 is 0. The average molecular weight is 603 g/mol. The minimum atomic E-state index is -5.02. The molecule has 10 nitrogen and oxygen atoms in total. The second-order valence-electron chi connectivity index (χ2n) is 9.68. The molecule has 0 aromatic heterocycles. The van der Waals surface area contributed by atoms with E-state index in [1.165, 1.54) is 0 Å². The molecule has 2 aromatic rings. The van der Waals surface area contributed by atoms with Crippen molar-refractivity contribution in [2.75, 3.05) is 29.0 Å². The van der Waals surface area contributed by atoms with Crippen molar-refractivity contribution in [3.63, 3.8) is 0 Å². The van der Waals surface area contributed by atoms with E-state index in [4.69, 9.17) is 4.74 Å². The van der Waals surface area contributed by atoms with Gasteiger partial charge in [0.1, 0.15) is 0 Å². The van der Waals surface area contributed by atoms with E-state index in [0.29, 0.717) is 29.1 Å². The van der Waals surface area contributed by atoms with Crippen LogP contribution in [0.25, 0.3) is 5.70 Å². The van der Waals surface area contributed by atoms with E-state index in [0.717, 1.165) is 26.6 Å². The number of amides is 3. The fourth-order valence-electron chi connectivity index (χ4n) is 4.97. The maximum Gasteiger partial charge on any atom is 0.471 e. The van der Waals surface area contributed by atoms with E-state index < -0.39 is 40.2 Å². The molecule has 1 fully saturated rings. The quantitative estimate of drug-likeness (QED) is 0.417. The molecule has 2 aliphatic heterocycles. The van der Waals surface area contributed by atoms with Gasteiger partial charge in [-0.05, 0) is 54.3 Å². The molecule has 2 heterocycles. The molecule has 1 aliphatic carbocycles. The SMILES string of the molecule is CS(=O)(=O)N(CCCNC(=O)C(F)(F)F)c1ccc(NC(=C2CC=CC3=C2C2OC(=O)N3C2=O)c2ccccc2)cc1. The number of alkyl halides is 3. The first kappa shape index (κ1) is 28.9. The van der Waals surface area contributed by atoms with Gasteiger partial charge in [0.25, 0.3) is 5.91 Å². The molecule has 3 aliphatic rings. The maximum atomic E-state index is 12.7. The second kappa shape index (κ2) is 11.0. The molecule has 14 heteroatoms. The Morgan fingerprint density at radius 3 is 2.43 bits per heavy atom. The predicted octanol–water partition coefficient (Wildman–Crippen LogP) is 3.92. The molecule has 2 aromatic carbocycles. The molecule has 0 radical (unpaired) electrons. The normalized spacial score (nSPS) is 19.0. The molecule has 0 spiro atoms. The van der Waals surface area contributed by atoms with Crippen LogP contribution in [0.15, 0.2) is 83.6 Å². The van der Waals surface area contributed by atoms with Crippen molar-refractivity contribution < 1.29 is 40.7 Å². The summed E-state index contributed by atoms with van der Waals surface area (Å²) in [5.41, 5.74) is 4.17. The van der Waals surface area contributed by atoms with Crippen molar-refractivity contribution >= 4 is 45.0 Å². The largest absolute Gasteiger partial charge is 0.471 e. The number of nitrogens with zero attached hydrogens (tertiary/aromatic N) is 2. The van der Waals surface area contributed by atoms with E-state index in [-0.39, 0.29) is 25.2 Å². The molecular formula is C28H25F3N4O6S. The average Bonchev–Trinajstić information content (AvgIpc) is 3.39. The minimum absolute atomic E-state index is 0.0500. The Balaban J connectivity index is 1.40. The molecular weight excluding hydrogens is 577 g/mol. The third-order valence-corrected chi connectivity index (χ3v) is 8.01. The highest BCUT2D eigenvalue weighted by Gasteiger charge is 2.53. The molecule has 3 amide bonds. The number of carbonyl (C=O) groups is 3. The minimum Gasteiger partial charge on any atom is -0.430 e. The van der Waals surface area contributed by atoms with E-state index in [2.05, 4.69) is 5.32 Å². The number of fused-ring (bicyclic) bond motifs is 4. The van der Waals surface area contributed by atoms with Crippen molar-refractivity contribution in [3.8, 4) is 0 Å². The number of hydrogen-bond acceptors (Lipinski definition) is 7. The Morgan fingerprint density at radius 1 is 1.10 bits per heavy atom. The van der Waals surface area contributed by atoms with Crippen LogP contribution in [-0.2, 0) is 24.3 Å². The first-order valence-corrected chi connectivity index (χ1v) is 14.6. The van der Waals surface area contributed by atoms with E-state index in [1.54, 1.807) is 35.7 Å². The van der Waals surface area contributed by atoms with Crippen molar-refractivity contribution in [1.82, 2.24) is 10.2 Å². The zero-order chi connectivity index (χ0) is 30.2. The van der Waals surface area contributed by atoms with Crippen LogP contribution in [0, 0.1) is 0 Å². The van der Waals surface area contributed by atoms with Gasteiger partial charge >= 0.3 is 18.2 Å². The number of sulfonamides is 1. The van der Waals surface area contributed by atoms with Crippen molar-refractivity contribution in [3.05, 3.63) is 89.2 Å². The van der Waals surface area contributed by atoms with Gasteiger partial charge in [0, 0.05) is 30.0 Å². The van der Waals surface area contributed by atoms with Gasteiger partial charge in [-0.3, -0.25) is 13.9 Å². The van der Waals surface area contributed by atoms with Crippen LogP contribution in [0.4, 0.5) is 29.3 Å². The molecule has 0 saturated carbocycles. The highest BCUT2D eigenvalue weighted by Crippen LogP contribution is 2.44. The zero-order valence-corrected chi connectivity index (χ0v) is 23.0. The molecule has 42 heavy (non-hydrogen) atoms. The van der Waals surface area contributed by atoms with Crippen LogP contribution >= 0.6 is 0 Å². The molecule has 2 bridgehead atoms. The third-order valence-electron chi connectivity index (χ3n) is 6.82. The van der Waals surface area contributed by atoms with Crippen LogP contribution in [0.2, 0.25) is 0 Å². The lowest BCUT2D eigenvalue weighted by Gasteiger charge is -2.26. The Labute approximate surface area is 239 Å². The summed E-state index contributed by atoms with van der Waals surface area (Å²) in [5, 5.41) is 5.09. The van der Waals surface area contributed by atoms with Gasteiger partial charge in [0.2, 0.25) is 16.1 Å². The summed E-state index contributed by atoms with van der Waals surface area (Å²) < 4.78 is 68.5. The Bertz CT molecular complexity index is 1630. The van der Waals surface area contributed by atoms with E-state index >= 15 is 0 Å². The Hall–Kier alpha value is -4.59. The maximum absolute atomic E-state index is 12.7. The van der Waals surface area contributed by atoms with Crippen molar-refractivity contribution in [1.29, 1.82) is 0 Å². The number of carbonyl (C=O) groups excluding carboxylic acids is 3. The number of hydrogen-bond donors (Lipinski definition) is 2. The number of nitrogens with one attached hydrogen (secondary N) is 2. The van der Waals surface area contributed by atoms with Gasteiger partial charge in [0.05, 0.1) is 17.6 Å². The molecule has 1 saturated heterocycles. The van der Waals surface area contributed by atoms with Gasteiger partial charge < -0.3 is 15.4 Å². The summed E-state index contributed by atoms with van der Waals surface area (Å²) in [6.07, 6.45) is -1.80. The van der Waals surface area contributed by atoms with Gasteiger partial charge in [-0.1, -0.05) is 36.4 Å². The van der Waals surface area contributed by atoms with Gasteiger partial charge in [-0.15, -0.1) is 0 Å². The van der Waals surface area contributed by atoms with E-state index in [9.17, 15) is 36.0 Å². The summed E-state index contributed by atoms with van der Waals surface area (Å²) in [5.74, 6) is -2.53. The lowest BCUT2D eigenvalue weighted by atomic mass is 9.89. The first-order valence-electron chi connectivity index (χ1n) is 12.8. The fraction of sp³-hybridized carbons (Fsp3) is 0.250. The highest BCUT2D eigenvalue weighted by atomic mass is 32.2. The topological polar surface area (TPSA) is 125 Å². The molecule has 5 rings (SSSR count). The number of allylic oxidation sites excluding steroid dienone is 2. The molecule has 1 atom stereocenters. The van der Waals surface area contributed by atoms with Crippen LogP contribution < -0.4 is 14.9 Å². The molecule has 220 valence electrons. The predicted molar refractivity (Wildman–Crippen MR) is 147 cm³/mol. The number of imide groups is 1. The molecule has 2 N–H and O–H groups in total. The van der Waals surface area contributed by atoms with Crippen molar-refractivity contribution in [2.24, 2.45) is 0 Å². The number of rotatable bonds is 9. The van der Waals surface area contributed by atoms with Gasteiger partial charge in [-0.2, -0.15) is 13.2 Å². The van der Waals surface area contributed by atoms with E-state index in [1.807, 2.05) is 36.4 Å². The molecule has 1 unspecified atom stereocenters. The second-order valence-corrected chi connectivity index (χ2v) is 11.6. The monoisotopic (exact) mass is 602 g/mol.